The first-order valence-corrected chi connectivity index (χ1v) is 22.5. The molecule has 0 aromatic heterocycles. The SMILES string of the molecule is CC/C=C\C/C=C\C/C=C\CCCCCC(=O)OC(CCCCC/C=C\CCCCCCCCCC)CCCCCCCC(=O)NCC(=O)NC(CO)C(=O)O. The molecular weight excluding hydrogens is 705 g/mol. The van der Waals surface area contributed by atoms with Crippen molar-refractivity contribution in [2.45, 2.75) is 212 Å². The van der Waals surface area contributed by atoms with E-state index >= 15 is 0 Å². The minimum Gasteiger partial charge on any atom is -0.480 e. The zero-order valence-electron chi connectivity index (χ0n) is 35.6. The number of aliphatic hydroxyl groups excluding tert-OH is 1. The number of ether oxygens (including phenoxy) is 1. The fraction of sp³-hybridized carbons (Fsp3) is 0.745. The Balaban J connectivity index is 4.41. The maximum absolute atomic E-state index is 12.8. The molecule has 9 heteroatoms. The van der Waals surface area contributed by atoms with Crippen LogP contribution in [-0.2, 0) is 23.9 Å². The van der Waals surface area contributed by atoms with Gasteiger partial charge in [-0.15, -0.1) is 0 Å². The van der Waals surface area contributed by atoms with Crippen LogP contribution in [0.5, 0.6) is 0 Å². The Labute approximate surface area is 341 Å². The second-order valence-corrected chi connectivity index (χ2v) is 15.1. The summed E-state index contributed by atoms with van der Waals surface area (Å²) in [5.74, 6) is -2.34. The smallest absolute Gasteiger partial charge is 0.328 e. The Bertz CT molecular complexity index is 1080. The highest BCUT2D eigenvalue weighted by Crippen LogP contribution is 2.18. The summed E-state index contributed by atoms with van der Waals surface area (Å²) in [5, 5.41) is 22.6. The van der Waals surface area contributed by atoms with Crippen LogP contribution in [0.2, 0.25) is 0 Å². The third kappa shape index (κ3) is 37.7. The summed E-state index contributed by atoms with van der Waals surface area (Å²) in [6.07, 6.45) is 48.5. The molecule has 0 aliphatic carbocycles. The Morgan fingerprint density at radius 2 is 1.02 bits per heavy atom. The van der Waals surface area contributed by atoms with Gasteiger partial charge >= 0.3 is 11.9 Å². The number of allylic oxidation sites excluding steroid dienone is 8. The van der Waals surface area contributed by atoms with Crippen molar-refractivity contribution < 1.29 is 34.1 Å². The molecule has 4 N–H and O–H groups in total. The van der Waals surface area contributed by atoms with Gasteiger partial charge in [0.05, 0.1) is 13.2 Å². The van der Waals surface area contributed by atoms with Gasteiger partial charge in [-0.2, -0.15) is 0 Å². The first-order chi connectivity index (χ1) is 27.3. The van der Waals surface area contributed by atoms with Crippen LogP contribution in [0.15, 0.2) is 48.6 Å². The molecule has 56 heavy (non-hydrogen) atoms. The van der Waals surface area contributed by atoms with E-state index in [2.05, 4.69) is 73.1 Å². The van der Waals surface area contributed by atoms with Gasteiger partial charge in [-0.1, -0.05) is 140 Å². The number of nitrogens with one attached hydrogen (secondary N) is 2. The van der Waals surface area contributed by atoms with Gasteiger partial charge < -0.3 is 25.6 Å². The zero-order chi connectivity index (χ0) is 41.2. The normalized spacial score (nSPS) is 12.9. The summed E-state index contributed by atoms with van der Waals surface area (Å²) >= 11 is 0. The summed E-state index contributed by atoms with van der Waals surface area (Å²) in [4.78, 5) is 47.6. The van der Waals surface area contributed by atoms with Gasteiger partial charge in [0.2, 0.25) is 11.8 Å². The van der Waals surface area contributed by atoms with Crippen LogP contribution < -0.4 is 10.6 Å². The highest BCUT2D eigenvalue weighted by molar-refractivity contribution is 5.87. The van der Waals surface area contributed by atoms with Gasteiger partial charge in [0.1, 0.15) is 12.1 Å². The largest absolute Gasteiger partial charge is 0.480 e. The van der Waals surface area contributed by atoms with Crippen LogP contribution in [-0.4, -0.2) is 59.3 Å². The van der Waals surface area contributed by atoms with Gasteiger partial charge in [0.15, 0.2) is 0 Å². The number of carboxylic acids is 1. The molecule has 2 atom stereocenters. The van der Waals surface area contributed by atoms with Crippen LogP contribution in [0.1, 0.15) is 200 Å². The molecule has 0 fully saturated rings. The molecule has 322 valence electrons. The van der Waals surface area contributed by atoms with E-state index in [0.29, 0.717) is 12.8 Å². The molecule has 0 saturated carbocycles. The molecule has 0 bridgehead atoms. The van der Waals surface area contributed by atoms with Gasteiger partial charge in [0, 0.05) is 12.8 Å². The Hall–Kier alpha value is -3.20. The van der Waals surface area contributed by atoms with Crippen LogP contribution in [0.25, 0.3) is 0 Å². The van der Waals surface area contributed by atoms with Crippen molar-refractivity contribution in [1.29, 1.82) is 0 Å². The van der Waals surface area contributed by atoms with Crippen molar-refractivity contribution in [3.8, 4) is 0 Å². The fourth-order valence-electron chi connectivity index (χ4n) is 6.37. The lowest BCUT2D eigenvalue weighted by molar-refractivity contribution is -0.150. The Morgan fingerprint density at radius 1 is 0.554 bits per heavy atom. The summed E-state index contributed by atoms with van der Waals surface area (Å²) in [5.41, 5.74) is 0. The lowest BCUT2D eigenvalue weighted by Gasteiger charge is -2.18. The number of unbranched alkanes of at least 4 members (excludes halogenated alkanes) is 18. The molecule has 2 amide bonds. The minimum atomic E-state index is -1.39. The van der Waals surface area contributed by atoms with Crippen LogP contribution >= 0.6 is 0 Å². The van der Waals surface area contributed by atoms with E-state index in [1.165, 1.54) is 64.2 Å². The number of hydrogen-bond acceptors (Lipinski definition) is 6. The minimum absolute atomic E-state index is 0.0445. The van der Waals surface area contributed by atoms with Gasteiger partial charge in [-0.05, 0) is 96.3 Å². The van der Waals surface area contributed by atoms with Gasteiger partial charge in [-0.25, -0.2) is 4.79 Å². The summed E-state index contributed by atoms with van der Waals surface area (Å²) in [6.45, 7) is 3.36. The van der Waals surface area contributed by atoms with E-state index in [4.69, 9.17) is 14.9 Å². The highest BCUT2D eigenvalue weighted by atomic mass is 16.5. The molecule has 0 heterocycles. The second-order valence-electron chi connectivity index (χ2n) is 15.1. The lowest BCUT2D eigenvalue weighted by Crippen LogP contribution is -2.47. The molecule has 0 radical (unpaired) electrons. The predicted octanol–water partition coefficient (Wildman–Crippen LogP) is 11.2. The number of aliphatic hydroxyl groups is 1. The second kappa shape index (κ2) is 41.4. The first-order valence-electron chi connectivity index (χ1n) is 22.5. The van der Waals surface area contributed by atoms with Gasteiger partial charge in [0.25, 0.3) is 0 Å². The van der Waals surface area contributed by atoms with E-state index < -0.39 is 24.5 Å². The first kappa shape index (κ1) is 52.8. The quantitative estimate of drug-likeness (QED) is 0.0275. The maximum atomic E-state index is 12.8. The molecule has 0 rings (SSSR count). The maximum Gasteiger partial charge on any atom is 0.328 e. The van der Waals surface area contributed by atoms with E-state index in [0.717, 1.165) is 103 Å². The molecule has 2 unspecified atom stereocenters. The fourth-order valence-corrected chi connectivity index (χ4v) is 6.37. The van der Waals surface area contributed by atoms with Crippen molar-refractivity contribution in [1.82, 2.24) is 10.6 Å². The van der Waals surface area contributed by atoms with Crippen molar-refractivity contribution in [3.63, 3.8) is 0 Å². The van der Waals surface area contributed by atoms with E-state index in [-0.39, 0.29) is 30.9 Å². The number of esters is 1. The Morgan fingerprint density at radius 3 is 1.59 bits per heavy atom. The molecular formula is C47H82N2O7. The lowest BCUT2D eigenvalue weighted by atomic mass is 10.0. The monoisotopic (exact) mass is 787 g/mol. The zero-order valence-corrected chi connectivity index (χ0v) is 35.6. The summed E-state index contributed by atoms with van der Waals surface area (Å²) in [7, 11) is 0. The molecule has 0 aromatic carbocycles. The number of carbonyl (C=O) groups excluding carboxylic acids is 3. The van der Waals surface area contributed by atoms with Crippen molar-refractivity contribution in [2.24, 2.45) is 0 Å². The number of carboxylic acid groups (broad SMARTS) is 1. The summed E-state index contributed by atoms with van der Waals surface area (Å²) in [6, 6.07) is -1.39. The highest BCUT2D eigenvalue weighted by Gasteiger charge is 2.19. The number of aliphatic carboxylic acids is 1. The number of hydrogen-bond donors (Lipinski definition) is 4. The van der Waals surface area contributed by atoms with Gasteiger partial charge in [-0.3, -0.25) is 14.4 Å². The third-order valence-corrected chi connectivity index (χ3v) is 9.81. The third-order valence-electron chi connectivity index (χ3n) is 9.81. The number of carbonyl (C=O) groups is 4. The van der Waals surface area contributed by atoms with Crippen molar-refractivity contribution in [3.05, 3.63) is 48.6 Å². The van der Waals surface area contributed by atoms with E-state index in [9.17, 15) is 19.2 Å². The molecule has 0 aromatic rings. The number of rotatable bonds is 40. The topological polar surface area (TPSA) is 142 Å². The average Bonchev–Trinajstić information content (AvgIpc) is 3.18. The number of amides is 2. The van der Waals surface area contributed by atoms with E-state index in [1.807, 2.05) is 0 Å². The summed E-state index contributed by atoms with van der Waals surface area (Å²) < 4.78 is 6.01. The predicted molar refractivity (Wildman–Crippen MR) is 231 cm³/mol. The molecule has 0 spiro atoms. The molecule has 0 aliphatic heterocycles. The standard InChI is InChI=1S/C47H82N2O7/c1-3-5-7-9-11-13-15-17-18-20-21-23-25-28-32-36-42(56-46(53)39-35-31-26-24-22-19-16-14-12-10-8-6-4-2)37-33-29-27-30-34-38-44(51)48-40-45(52)49-43(41-50)47(54)55/h6,8,12,14,19-22,42-43,50H,3-5,7,9-11,13,15-18,23-41H2,1-2H3,(H,48,51)(H,49,52)(H,54,55)/b8-6-,14-12-,21-20-,22-19-. The Kier molecular flexibility index (Phi) is 39.1. The average molecular weight is 787 g/mol. The van der Waals surface area contributed by atoms with Crippen molar-refractivity contribution >= 4 is 23.8 Å². The molecule has 0 aliphatic rings. The van der Waals surface area contributed by atoms with Crippen LogP contribution in [0.3, 0.4) is 0 Å². The van der Waals surface area contributed by atoms with Crippen LogP contribution in [0, 0.1) is 0 Å². The van der Waals surface area contributed by atoms with E-state index in [1.54, 1.807) is 0 Å². The molecule has 9 nitrogen and oxygen atoms in total. The van der Waals surface area contributed by atoms with Crippen LogP contribution in [0.4, 0.5) is 0 Å². The molecule has 0 saturated heterocycles. The van der Waals surface area contributed by atoms with Crippen molar-refractivity contribution in [2.75, 3.05) is 13.2 Å².